The zero-order chi connectivity index (χ0) is 23.7. The number of benzene rings is 3. The summed E-state index contributed by atoms with van der Waals surface area (Å²) in [5.74, 6) is -0.309. The molecule has 33 heavy (non-hydrogen) atoms. The average Bonchev–Trinajstić information content (AvgIpc) is 2.82. The molecular formula is C26H26ClNO4S. The van der Waals surface area contributed by atoms with E-state index in [9.17, 15) is 9.90 Å². The smallest absolute Gasteiger partial charge is 0.328 e. The van der Waals surface area contributed by atoms with Crippen LogP contribution < -0.4 is 10.5 Å². The fraction of sp³-hybridized carbons (Fsp3) is 0.192. The predicted molar refractivity (Wildman–Crippen MR) is 132 cm³/mol. The van der Waals surface area contributed by atoms with Crippen LogP contribution in [0.3, 0.4) is 0 Å². The van der Waals surface area contributed by atoms with Crippen molar-refractivity contribution >= 4 is 29.3 Å². The minimum atomic E-state index is -1.12. The van der Waals surface area contributed by atoms with Crippen LogP contribution in [-0.4, -0.2) is 28.3 Å². The lowest BCUT2D eigenvalue weighted by Gasteiger charge is -2.23. The summed E-state index contributed by atoms with van der Waals surface area (Å²) in [6.07, 6.45) is 3.14. The van der Waals surface area contributed by atoms with Crippen molar-refractivity contribution in [3.8, 4) is 5.75 Å². The summed E-state index contributed by atoms with van der Waals surface area (Å²) >= 11 is 8.07. The van der Waals surface area contributed by atoms with E-state index < -0.39 is 11.5 Å². The largest absolute Gasteiger partial charge is 0.489 e. The number of hydrogen-bond acceptors (Lipinski definition) is 5. The molecule has 0 radical (unpaired) electrons. The monoisotopic (exact) mass is 483 g/mol. The van der Waals surface area contributed by atoms with Gasteiger partial charge in [-0.05, 0) is 54.3 Å². The Morgan fingerprint density at radius 1 is 1.06 bits per heavy atom. The normalized spacial score (nSPS) is 13.1. The molecule has 1 atom stereocenters. The summed E-state index contributed by atoms with van der Waals surface area (Å²) in [5, 5.41) is 19.0. The van der Waals surface area contributed by atoms with Crippen LogP contribution in [0.1, 0.15) is 17.5 Å². The fourth-order valence-corrected chi connectivity index (χ4v) is 4.36. The topological polar surface area (TPSA) is 92.8 Å². The van der Waals surface area contributed by atoms with Crippen molar-refractivity contribution in [2.75, 3.05) is 6.61 Å². The molecule has 0 aromatic heterocycles. The van der Waals surface area contributed by atoms with Crippen molar-refractivity contribution in [1.82, 2.24) is 0 Å². The van der Waals surface area contributed by atoms with Crippen LogP contribution in [0.15, 0.2) is 94.7 Å². The van der Waals surface area contributed by atoms with E-state index in [2.05, 4.69) is 0 Å². The standard InChI is InChI=1S/C26H26ClNO4S/c27-24-16-23(10-9-20(24)11-13-26(28,18-29)14-12-25(30)31)33-22-8-4-7-21(15-22)32-17-19-5-2-1-3-6-19/h1-10,12,14-16,29H,11,13,17-18,28H2,(H,30,31)/b14-12+. The second-order valence-electron chi connectivity index (χ2n) is 7.67. The SMILES string of the molecule is NC(/C=C/C(=O)O)(CO)CCc1ccc(Sc2cccc(OCc3ccccc3)c2)cc1Cl. The Balaban J connectivity index is 1.61. The summed E-state index contributed by atoms with van der Waals surface area (Å²) in [5.41, 5.74) is 6.97. The maximum absolute atomic E-state index is 10.7. The summed E-state index contributed by atoms with van der Waals surface area (Å²) in [7, 11) is 0. The van der Waals surface area contributed by atoms with Gasteiger partial charge < -0.3 is 20.7 Å². The van der Waals surface area contributed by atoms with Crippen LogP contribution in [0, 0.1) is 0 Å². The van der Waals surface area contributed by atoms with E-state index in [-0.39, 0.29) is 6.61 Å². The summed E-state index contributed by atoms with van der Waals surface area (Å²) in [4.78, 5) is 12.8. The molecule has 0 aliphatic carbocycles. The van der Waals surface area contributed by atoms with Gasteiger partial charge in [-0.1, -0.05) is 71.9 Å². The molecule has 3 rings (SSSR count). The third-order valence-electron chi connectivity index (χ3n) is 5.03. The molecule has 0 heterocycles. The second-order valence-corrected chi connectivity index (χ2v) is 9.22. The Kier molecular flexibility index (Phi) is 8.97. The predicted octanol–water partition coefficient (Wildman–Crippen LogP) is 5.33. The summed E-state index contributed by atoms with van der Waals surface area (Å²) in [6, 6.07) is 23.7. The first-order chi connectivity index (χ1) is 15.9. The molecule has 0 aliphatic rings. The Morgan fingerprint density at radius 2 is 1.82 bits per heavy atom. The quantitative estimate of drug-likeness (QED) is 0.319. The van der Waals surface area contributed by atoms with Crippen molar-refractivity contribution in [2.45, 2.75) is 34.8 Å². The van der Waals surface area contributed by atoms with Gasteiger partial charge in [-0.15, -0.1) is 0 Å². The van der Waals surface area contributed by atoms with Crippen molar-refractivity contribution in [3.05, 3.63) is 101 Å². The number of aryl methyl sites for hydroxylation is 1. The fourth-order valence-electron chi connectivity index (χ4n) is 3.12. The average molecular weight is 484 g/mol. The molecule has 0 amide bonds. The third kappa shape index (κ3) is 7.94. The van der Waals surface area contributed by atoms with Crippen LogP contribution in [0.2, 0.25) is 5.02 Å². The first kappa shape index (κ1) is 24.9. The number of aliphatic carboxylic acids is 1. The number of ether oxygens (including phenoxy) is 1. The number of carboxylic acid groups (broad SMARTS) is 1. The highest BCUT2D eigenvalue weighted by molar-refractivity contribution is 7.99. The van der Waals surface area contributed by atoms with Gasteiger partial charge in [0, 0.05) is 20.9 Å². The lowest BCUT2D eigenvalue weighted by atomic mass is 9.92. The van der Waals surface area contributed by atoms with Gasteiger partial charge in [-0.3, -0.25) is 0 Å². The third-order valence-corrected chi connectivity index (χ3v) is 6.36. The summed E-state index contributed by atoms with van der Waals surface area (Å²) in [6.45, 7) is 0.151. The van der Waals surface area contributed by atoms with Crippen LogP contribution in [-0.2, 0) is 17.8 Å². The lowest BCUT2D eigenvalue weighted by Crippen LogP contribution is -2.42. The highest BCUT2D eigenvalue weighted by Gasteiger charge is 2.21. The molecule has 1 unspecified atom stereocenters. The number of aliphatic hydroxyl groups is 1. The van der Waals surface area contributed by atoms with E-state index in [0.717, 1.165) is 32.7 Å². The Hall–Kier alpha value is -2.77. The number of carbonyl (C=O) groups is 1. The highest BCUT2D eigenvalue weighted by Crippen LogP contribution is 2.33. The number of aliphatic hydroxyl groups excluding tert-OH is 1. The second kappa shape index (κ2) is 11.9. The Morgan fingerprint density at radius 3 is 2.52 bits per heavy atom. The molecule has 0 saturated heterocycles. The molecular weight excluding hydrogens is 458 g/mol. The van der Waals surface area contributed by atoms with Gasteiger partial charge in [-0.2, -0.15) is 0 Å². The van der Waals surface area contributed by atoms with E-state index in [1.54, 1.807) is 11.8 Å². The van der Waals surface area contributed by atoms with Gasteiger partial charge in [-0.25, -0.2) is 4.79 Å². The molecule has 4 N–H and O–H groups in total. The maximum atomic E-state index is 10.7. The molecule has 172 valence electrons. The molecule has 3 aromatic carbocycles. The van der Waals surface area contributed by atoms with Gasteiger partial charge >= 0.3 is 5.97 Å². The number of nitrogens with two attached hydrogens (primary N) is 1. The van der Waals surface area contributed by atoms with Gasteiger partial charge in [0.15, 0.2) is 0 Å². The number of rotatable bonds is 11. The van der Waals surface area contributed by atoms with Crippen LogP contribution in [0.4, 0.5) is 0 Å². The maximum Gasteiger partial charge on any atom is 0.328 e. The Bertz CT molecular complexity index is 1110. The highest BCUT2D eigenvalue weighted by atomic mass is 35.5. The zero-order valence-corrected chi connectivity index (χ0v) is 19.6. The van der Waals surface area contributed by atoms with Gasteiger partial charge in [0.2, 0.25) is 0 Å². The molecule has 0 saturated carbocycles. The van der Waals surface area contributed by atoms with Crippen LogP contribution >= 0.6 is 23.4 Å². The van der Waals surface area contributed by atoms with E-state index in [1.165, 1.54) is 6.08 Å². The molecule has 7 heteroatoms. The number of carboxylic acids is 1. The molecule has 0 bridgehead atoms. The number of hydrogen-bond donors (Lipinski definition) is 3. The van der Waals surface area contributed by atoms with Crippen LogP contribution in [0.25, 0.3) is 0 Å². The van der Waals surface area contributed by atoms with Crippen molar-refractivity contribution < 1.29 is 19.7 Å². The number of halogens is 1. The van der Waals surface area contributed by atoms with Gasteiger partial charge in [0.05, 0.1) is 12.1 Å². The first-order valence-corrected chi connectivity index (χ1v) is 11.6. The van der Waals surface area contributed by atoms with Crippen molar-refractivity contribution in [3.63, 3.8) is 0 Å². The van der Waals surface area contributed by atoms with E-state index >= 15 is 0 Å². The molecule has 0 aliphatic heterocycles. The Labute approximate surface area is 202 Å². The van der Waals surface area contributed by atoms with E-state index in [1.807, 2.05) is 72.8 Å². The lowest BCUT2D eigenvalue weighted by molar-refractivity contribution is -0.131. The summed E-state index contributed by atoms with van der Waals surface area (Å²) < 4.78 is 5.91. The van der Waals surface area contributed by atoms with E-state index in [0.29, 0.717) is 24.5 Å². The first-order valence-electron chi connectivity index (χ1n) is 10.4. The minimum Gasteiger partial charge on any atom is -0.489 e. The molecule has 0 fully saturated rings. The van der Waals surface area contributed by atoms with E-state index in [4.69, 9.17) is 27.2 Å². The molecule has 5 nitrogen and oxygen atoms in total. The minimum absolute atomic E-state index is 0.356. The van der Waals surface area contributed by atoms with Crippen molar-refractivity contribution in [2.24, 2.45) is 5.73 Å². The molecule has 3 aromatic rings. The zero-order valence-electron chi connectivity index (χ0n) is 18.0. The van der Waals surface area contributed by atoms with Gasteiger partial charge in [0.25, 0.3) is 0 Å². The van der Waals surface area contributed by atoms with Crippen LogP contribution in [0.5, 0.6) is 5.75 Å². The van der Waals surface area contributed by atoms with Crippen molar-refractivity contribution in [1.29, 1.82) is 0 Å². The molecule has 0 spiro atoms. The van der Waals surface area contributed by atoms with Gasteiger partial charge in [0.1, 0.15) is 12.4 Å².